The number of benzene rings is 2. The molecular weight excluding hydrogens is 542 g/mol. The number of nitrogens with zero attached hydrogens (tertiary/aromatic N) is 5. The second-order valence-corrected chi connectivity index (χ2v) is 10.3. The van der Waals surface area contributed by atoms with Gasteiger partial charge >= 0.3 is 0 Å². The van der Waals surface area contributed by atoms with Crippen LogP contribution in [0.25, 0.3) is 11.4 Å². The fourth-order valence-corrected chi connectivity index (χ4v) is 5.50. The number of rotatable bonds is 6. The van der Waals surface area contributed by atoms with Crippen LogP contribution in [0.15, 0.2) is 72.8 Å². The highest BCUT2D eigenvalue weighted by atomic mass is 19.1. The number of carbonyl (C=O) groups is 2. The number of allylic oxidation sites excluding steroid dienone is 3. The molecule has 2 aromatic carbocycles. The number of halogens is 2. The number of aryl methyl sites for hydroxylation is 2. The average Bonchev–Trinajstić information content (AvgIpc) is 3.50. The SMILES string of the molecule is Cc1cc(CNC(=O)c2cc(C(=O)N[C@@H]3c4ccc(-c5nn[nH]n5)cc4CCC4C=CC(F)=CC43)ncn2)ccc1F. The van der Waals surface area contributed by atoms with E-state index in [1.807, 2.05) is 24.3 Å². The number of amides is 2. The molecule has 2 aliphatic rings. The molecule has 2 unspecified atom stereocenters. The maximum absolute atomic E-state index is 14.5. The smallest absolute Gasteiger partial charge is 0.270 e. The van der Waals surface area contributed by atoms with Crippen molar-refractivity contribution in [3.63, 3.8) is 0 Å². The van der Waals surface area contributed by atoms with Crippen molar-refractivity contribution in [2.24, 2.45) is 11.8 Å². The molecule has 0 aliphatic heterocycles. The zero-order valence-electron chi connectivity index (χ0n) is 22.5. The van der Waals surface area contributed by atoms with Crippen molar-refractivity contribution in [2.75, 3.05) is 0 Å². The zero-order chi connectivity index (χ0) is 29.2. The number of nitrogens with one attached hydrogen (secondary N) is 3. The van der Waals surface area contributed by atoms with Crippen LogP contribution in [0.3, 0.4) is 0 Å². The molecule has 3 atom stereocenters. The summed E-state index contributed by atoms with van der Waals surface area (Å²) in [6.07, 6.45) is 7.47. The Morgan fingerprint density at radius 2 is 1.88 bits per heavy atom. The van der Waals surface area contributed by atoms with Crippen molar-refractivity contribution in [1.29, 1.82) is 0 Å². The Morgan fingerprint density at radius 3 is 2.67 bits per heavy atom. The molecule has 0 bridgehead atoms. The van der Waals surface area contributed by atoms with E-state index in [1.54, 1.807) is 25.1 Å². The summed E-state index contributed by atoms with van der Waals surface area (Å²) in [6.45, 7) is 1.80. The molecule has 212 valence electrons. The lowest BCUT2D eigenvalue weighted by atomic mass is 9.80. The van der Waals surface area contributed by atoms with E-state index < -0.39 is 17.9 Å². The Balaban J connectivity index is 1.24. The maximum atomic E-state index is 14.5. The summed E-state index contributed by atoms with van der Waals surface area (Å²) in [6, 6.07) is 11.0. The molecule has 10 nitrogen and oxygen atoms in total. The van der Waals surface area contributed by atoms with Crippen molar-refractivity contribution in [3.8, 4) is 11.4 Å². The second kappa shape index (κ2) is 11.4. The molecule has 4 aromatic rings. The first-order valence-corrected chi connectivity index (χ1v) is 13.4. The minimum absolute atomic E-state index is 0.00217. The summed E-state index contributed by atoms with van der Waals surface area (Å²) in [5.74, 6) is -1.61. The number of H-pyrrole nitrogens is 1. The van der Waals surface area contributed by atoms with E-state index in [2.05, 4.69) is 41.2 Å². The normalized spacial score (nSPS) is 19.2. The van der Waals surface area contributed by atoms with Gasteiger partial charge in [-0.15, -0.1) is 10.2 Å². The van der Waals surface area contributed by atoms with Crippen LogP contribution in [0, 0.1) is 24.6 Å². The van der Waals surface area contributed by atoms with Crippen LogP contribution >= 0.6 is 0 Å². The van der Waals surface area contributed by atoms with Crippen LogP contribution in [-0.4, -0.2) is 42.4 Å². The number of aromatic nitrogens is 6. The number of hydrogen-bond acceptors (Lipinski definition) is 7. The Hall–Kier alpha value is -5.13. The van der Waals surface area contributed by atoms with Crippen molar-refractivity contribution < 1.29 is 18.4 Å². The Morgan fingerprint density at radius 1 is 1.05 bits per heavy atom. The van der Waals surface area contributed by atoms with Gasteiger partial charge in [0, 0.05) is 24.1 Å². The van der Waals surface area contributed by atoms with Gasteiger partial charge in [-0.1, -0.05) is 30.3 Å². The van der Waals surface area contributed by atoms with Gasteiger partial charge in [0.15, 0.2) is 0 Å². The minimum Gasteiger partial charge on any atom is -0.347 e. The van der Waals surface area contributed by atoms with Crippen molar-refractivity contribution in [2.45, 2.75) is 32.4 Å². The quantitative estimate of drug-likeness (QED) is 0.318. The fourth-order valence-electron chi connectivity index (χ4n) is 5.50. The molecule has 3 N–H and O–H groups in total. The molecule has 0 spiro atoms. The van der Waals surface area contributed by atoms with Gasteiger partial charge in [-0.05, 0) is 77.4 Å². The predicted molar refractivity (Wildman–Crippen MR) is 148 cm³/mol. The highest BCUT2D eigenvalue weighted by Crippen LogP contribution is 2.42. The van der Waals surface area contributed by atoms with E-state index >= 15 is 0 Å². The van der Waals surface area contributed by atoms with Gasteiger partial charge in [0.1, 0.15) is 29.4 Å². The van der Waals surface area contributed by atoms with Crippen LogP contribution in [-0.2, 0) is 13.0 Å². The van der Waals surface area contributed by atoms with E-state index in [9.17, 15) is 18.4 Å². The Labute approximate surface area is 239 Å². The molecule has 0 saturated carbocycles. The molecule has 0 fully saturated rings. The summed E-state index contributed by atoms with van der Waals surface area (Å²) in [7, 11) is 0. The van der Waals surface area contributed by atoms with E-state index in [0.29, 0.717) is 17.8 Å². The standard InChI is InChI=1S/C30H26F2N8O2/c1-16-10-17(2-9-24(16)32)14-33-29(41)25-13-26(35-15-34-25)30(42)36-27-22-8-6-20(28-37-39-40-38-28)11-19(22)4-3-18-5-7-21(31)12-23(18)27/h2,5-13,15,18,23,27H,3-4,14H2,1H3,(H,33,41)(H,36,42)(H,37,38,39,40)/t18?,23?,27-/m1/s1. The number of tetrazole rings is 1. The molecule has 2 aliphatic carbocycles. The first kappa shape index (κ1) is 27.1. The zero-order valence-corrected chi connectivity index (χ0v) is 22.5. The highest BCUT2D eigenvalue weighted by molar-refractivity contribution is 5.97. The number of aromatic amines is 1. The molecule has 12 heteroatoms. The Bertz CT molecular complexity index is 1720. The molecule has 42 heavy (non-hydrogen) atoms. The molecule has 0 radical (unpaired) electrons. The first-order chi connectivity index (χ1) is 20.4. The van der Waals surface area contributed by atoms with Gasteiger partial charge in [-0.2, -0.15) is 5.21 Å². The highest BCUT2D eigenvalue weighted by Gasteiger charge is 2.35. The largest absolute Gasteiger partial charge is 0.347 e. The summed E-state index contributed by atoms with van der Waals surface area (Å²) >= 11 is 0. The lowest BCUT2D eigenvalue weighted by molar-refractivity contribution is 0.0916. The molecule has 2 heterocycles. The van der Waals surface area contributed by atoms with Gasteiger partial charge < -0.3 is 10.6 Å². The second-order valence-electron chi connectivity index (χ2n) is 10.3. The van der Waals surface area contributed by atoms with Crippen LogP contribution < -0.4 is 10.6 Å². The summed E-state index contributed by atoms with van der Waals surface area (Å²) in [5.41, 5.74) is 3.80. The van der Waals surface area contributed by atoms with Crippen molar-refractivity contribution >= 4 is 11.8 Å². The lowest BCUT2D eigenvalue weighted by Gasteiger charge is -2.31. The maximum Gasteiger partial charge on any atom is 0.270 e. The van der Waals surface area contributed by atoms with E-state index in [-0.39, 0.29) is 41.4 Å². The molecule has 0 saturated heterocycles. The number of carbonyl (C=O) groups excluding carboxylic acids is 2. The first-order valence-electron chi connectivity index (χ1n) is 13.4. The van der Waals surface area contributed by atoms with Gasteiger partial charge in [-0.3, -0.25) is 9.59 Å². The van der Waals surface area contributed by atoms with Gasteiger partial charge in [0.2, 0.25) is 5.82 Å². The van der Waals surface area contributed by atoms with Gasteiger partial charge in [-0.25, -0.2) is 18.7 Å². The third kappa shape index (κ3) is 5.55. The van der Waals surface area contributed by atoms with Crippen LogP contribution in [0.5, 0.6) is 0 Å². The molecule has 2 aromatic heterocycles. The van der Waals surface area contributed by atoms with Gasteiger partial charge in [0.25, 0.3) is 11.8 Å². The summed E-state index contributed by atoms with van der Waals surface area (Å²) < 4.78 is 28.0. The predicted octanol–water partition coefficient (Wildman–Crippen LogP) is 4.11. The van der Waals surface area contributed by atoms with E-state index in [1.165, 1.54) is 18.2 Å². The third-order valence-electron chi connectivity index (χ3n) is 7.66. The Kier molecular flexibility index (Phi) is 7.34. The lowest BCUT2D eigenvalue weighted by Crippen LogP contribution is -2.36. The van der Waals surface area contributed by atoms with E-state index in [4.69, 9.17) is 0 Å². The van der Waals surface area contributed by atoms with Crippen molar-refractivity contribution in [3.05, 3.63) is 112 Å². The molecule has 2 amide bonds. The summed E-state index contributed by atoms with van der Waals surface area (Å²) in [5, 5.41) is 20.0. The van der Waals surface area contributed by atoms with Crippen LogP contribution in [0.2, 0.25) is 0 Å². The van der Waals surface area contributed by atoms with Crippen molar-refractivity contribution in [1.82, 2.24) is 41.2 Å². The van der Waals surface area contributed by atoms with E-state index in [0.717, 1.165) is 35.0 Å². The topological polar surface area (TPSA) is 138 Å². The van der Waals surface area contributed by atoms with Crippen LogP contribution in [0.4, 0.5) is 8.78 Å². The third-order valence-corrected chi connectivity index (χ3v) is 7.66. The minimum atomic E-state index is -0.566. The summed E-state index contributed by atoms with van der Waals surface area (Å²) in [4.78, 5) is 34.5. The average molecular weight is 569 g/mol. The number of hydrogen-bond donors (Lipinski definition) is 3. The molecule has 6 rings (SSSR count). The monoisotopic (exact) mass is 568 g/mol. The number of fused-ring (bicyclic) bond motifs is 2. The van der Waals surface area contributed by atoms with Gasteiger partial charge in [0.05, 0.1) is 6.04 Å². The fraction of sp³-hybridized carbons (Fsp3) is 0.233. The molecular formula is C30H26F2N8O2. The van der Waals surface area contributed by atoms with Crippen LogP contribution in [0.1, 0.15) is 55.7 Å².